The molecule has 0 bridgehead atoms. The first-order valence-corrected chi connectivity index (χ1v) is 8.84. The monoisotopic (exact) mass is 384 g/mol. The molecule has 2 aromatic rings. The third-order valence-corrected chi connectivity index (χ3v) is 5.05. The van der Waals surface area contributed by atoms with Crippen LogP contribution in [0.5, 0.6) is 0 Å². The van der Waals surface area contributed by atoms with Gasteiger partial charge in [-0.25, -0.2) is 9.18 Å². The Morgan fingerprint density at radius 1 is 1.28 bits per heavy atom. The Morgan fingerprint density at radius 2 is 2.08 bits per heavy atom. The smallest absolute Gasteiger partial charge is 0.322 e. The normalized spacial score (nSPS) is 20.1. The zero-order valence-electron chi connectivity index (χ0n) is 13.1. The summed E-state index contributed by atoms with van der Waals surface area (Å²) in [7, 11) is 0. The SMILES string of the molecule is O=C(Nc1cc(F)c(Cl)cc1Cl)N1CCCC1c1nc(C2CC2)no1. The van der Waals surface area contributed by atoms with E-state index in [1.807, 2.05) is 0 Å². The number of hydrogen-bond donors (Lipinski definition) is 1. The molecule has 1 saturated carbocycles. The highest BCUT2D eigenvalue weighted by molar-refractivity contribution is 6.36. The van der Waals surface area contributed by atoms with Crippen LogP contribution in [0.25, 0.3) is 0 Å². The van der Waals surface area contributed by atoms with Gasteiger partial charge >= 0.3 is 6.03 Å². The van der Waals surface area contributed by atoms with Crippen LogP contribution in [-0.4, -0.2) is 27.6 Å². The number of hydrogen-bond acceptors (Lipinski definition) is 4. The van der Waals surface area contributed by atoms with Crippen molar-refractivity contribution >= 4 is 34.9 Å². The van der Waals surface area contributed by atoms with E-state index in [0.29, 0.717) is 24.2 Å². The highest BCUT2D eigenvalue weighted by Crippen LogP contribution is 2.40. The van der Waals surface area contributed by atoms with Gasteiger partial charge in [-0.15, -0.1) is 0 Å². The lowest BCUT2D eigenvalue weighted by molar-refractivity contribution is 0.193. The van der Waals surface area contributed by atoms with Crippen LogP contribution in [-0.2, 0) is 0 Å². The molecule has 1 aromatic carbocycles. The lowest BCUT2D eigenvalue weighted by Gasteiger charge is -2.22. The molecule has 1 atom stereocenters. The van der Waals surface area contributed by atoms with E-state index in [2.05, 4.69) is 15.5 Å². The lowest BCUT2D eigenvalue weighted by Crippen LogP contribution is -2.34. The number of carbonyl (C=O) groups excluding carboxylic acids is 1. The summed E-state index contributed by atoms with van der Waals surface area (Å²) in [5.74, 6) is 0.898. The van der Waals surface area contributed by atoms with Gasteiger partial charge in [0.25, 0.3) is 0 Å². The molecule has 1 saturated heterocycles. The molecular formula is C16H15Cl2FN4O2. The molecule has 132 valence electrons. The minimum absolute atomic E-state index is 0.0967. The average molecular weight is 385 g/mol. The van der Waals surface area contributed by atoms with E-state index in [-0.39, 0.29) is 21.8 Å². The fraction of sp³-hybridized carbons (Fsp3) is 0.438. The van der Waals surface area contributed by atoms with Crippen LogP contribution in [0.3, 0.4) is 0 Å². The Hall–Kier alpha value is -1.86. The fourth-order valence-corrected chi connectivity index (χ4v) is 3.39. The molecule has 1 unspecified atom stereocenters. The highest BCUT2D eigenvalue weighted by atomic mass is 35.5. The third kappa shape index (κ3) is 3.30. The van der Waals surface area contributed by atoms with E-state index in [1.54, 1.807) is 4.90 Å². The van der Waals surface area contributed by atoms with E-state index in [0.717, 1.165) is 31.7 Å². The van der Waals surface area contributed by atoms with Gasteiger partial charge in [-0.3, -0.25) is 0 Å². The average Bonchev–Trinajstić information content (AvgIpc) is 3.11. The highest BCUT2D eigenvalue weighted by Gasteiger charge is 2.36. The Labute approximate surface area is 153 Å². The van der Waals surface area contributed by atoms with E-state index in [1.165, 1.54) is 6.07 Å². The predicted molar refractivity (Wildman–Crippen MR) is 90.4 cm³/mol. The molecular weight excluding hydrogens is 370 g/mol. The van der Waals surface area contributed by atoms with Crippen LogP contribution in [0.15, 0.2) is 16.7 Å². The van der Waals surface area contributed by atoms with Crippen LogP contribution in [0.4, 0.5) is 14.9 Å². The third-order valence-electron chi connectivity index (χ3n) is 4.45. The van der Waals surface area contributed by atoms with Crippen molar-refractivity contribution in [2.24, 2.45) is 0 Å². The molecule has 0 spiro atoms. The first-order valence-electron chi connectivity index (χ1n) is 8.08. The van der Waals surface area contributed by atoms with E-state index >= 15 is 0 Å². The van der Waals surface area contributed by atoms with Crippen LogP contribution in [0.1, 0.15) is 49.4 Å². The molecule has 1 N–H and O–H groups in total. The van der Waals surface area contributed by atoms with E-state index in [4.69, 9.17) is 27.7 Å². The van der Waals surface area contributed by atoms with Crippen molar-refractivity contribution in [2.75, 3.05) is 11.9 Å². The number of anilines is 1. The number of halogens is 3. The number of amides is 2. The maximum atomic E-state index is 13.6. The molecule has 0 radical (unpaired) electrons. The van der Waals surface area contributed by atoms with Crippen molar-refractivity contribution in [1.29, 1.82) is 0 Å². The molecule has 1 aromatic heterocycles. The summed E-state index contributed by atoms with van der Waals surface area (Å²) >= 11 is 11.7. The Bertz CT molecular complexity index is 824. The van der Waals surface area contributed by atoms with Crippen LogP contribution in [0.2, 0.25) is 10.0 Å². The first-order chi connectivity index (χ1) is 12.0. The summed E-state index contributed by atoms with van der Waals surface area (Å²) in [4.78, 5) is 18.6. The van der Waals surface area contributed by atoms with Gasteiger partial charge in [0.05, 0.1) is 15.7 Å². The minimum Gasteiger partial charge on any atom is -0.337 e. The Morgan fingerprint density at radius 3 is 2.84 bits per heavy atom. The quantitative estimate of drug-likeness (QED) is 0.774. The molecule has 9 heteroatoms. The van der Waals surface area contributed by atoms with Crippen molar-refractivity contribution in [2.45, 2.75) is 37.6 Å². The second kappa shape index (κ2) is 6.46. The number of nitrogens with zero attached hydrogens (tertiary/aromatic N) is 3. The number of aromatic nitrogens is 2. The zero-order valence-corrected chi connectivity index (χ0v) is 14.6. The minimum atomic E-state index is -0.648. The number of benzene rings is 1. The second-order valence-electron chi connectivity index (χ2n) is 6.29. The summed E-state index contributed by atoms with van der Waals surface area (Å²) in [6.45, 7) is 0.547. The maximum absolute atomic E-state index is 13.6. The lowest BCUT2D eigenvalue weighted by atomic mass is 10.2. The number of rotatable bonds is 3. The van der Waals surface area contributed by atoms with Gasteiger partial charge in [-0.05, 0) is 31.7 Å². The van der Waals surface area contributed by atoms with Gasteiger partial charge in [0.2, 0.25) is 5.89 Å². The Kier molecular flexibility index (Phi) is 4.29. The van der Waals surface area contributed by atoms with Crippen LogP contribution < -0.4 is 5.32 Å². The van der Waals surface area contributed by atoms with Crippen LogP contribution >= 0.6 is 23.2 Å². The van der Waals surface area contributed by atoms with Gasteiger partial charge in [-0.2, -0.15) is 4.98 Å². The van der Waals surface area contributed by atoms with E-state index in [9.17, 15) is 9.18 Å². The summed E-state index contributed by atoms with van der Waals surface area (Å²) in [6, 6.07) is 1.69. The number of likely N-dealkylation sites (tertiary alicyclic amines) is 1. The van der Waals surface area contributed by atoms with Crippen molar-refractivity contribution in [3.63, 3.8) is 0 Å². The van der Waals surface area contributed by atoms with Crippen molar-refractivity contribution in [3.8, 4) is 0 Å². The Balaban J connectivity index is 1.51. The van der Waals surface area contributed by atoms with Gasteiger partial charge in [0.1, 0.15) is 11.9 Å². The summed E-state index contributed by atoms with van der Waals surface area (Å²) < 4.78 is 19.0. The topological polar surface area (TPSA) is 71.3 Å². The van der Waals surface area contributed by atoms with Gasteiger partial charge < -0.3 is 14.7 Å². The largest absolute Gasteiger partial charge is 0.337 e. The summed E-state index contributed by atoms with van der Waals surface area (Å²) in [6.07, 6.45) is 3.72. The van der Waals surface area contributed by atoms with Crippen molar-refractivity contribution in [1.82, 2.24) is 15.0 Å². The molecule has 4 rings (SSSR count). The standard InChI is InChI=1S/C16H15Cl2FN4O2/c17-9-6-10(18)12(7-11(9)19)20-16(24)23-5-1-2-13(23)15-21-14(22-25-15)8-3-4-8/h6-8,13H,1-5H2,(H,20,24). The summed E-state index contributed by atoms with van der Waals surface area (Å²) in [5, 5.41) is 6.71. The van der Waals surface area contributed by atoms with Crippen molar-refractivity contribution < 1.29 is 13.7 Å². The molecule has 25 heavy (non-hydrogen) atoms. The van der Waals surface area contributed by atoms with Gasteiger partial charge in [0, 0.05) is 18.5 Å². The maximum Gasteiger partial charge on any atom is 0.322 e. The predicted octanol–water partition coefficient (Wildman–Crippen LogP) is 4.76. The first kappa shape index (κ1) is 16.6. The fourth-order valence-electron chi connectivity index (χ4n) is 2.96. The number of carbonyl (C=O) groups is 1. The molecule has 1 aliphatic carbocycles. The molecule has 2 aliphatic rings. The van der Waals surface area contributed by atoms with Gasteiger partial charge in [-0.1, -0.05) is 28.4 Å². The van der Waals surface area contributed by atoms with Crippen molar-refractivity contribution in [3.05, 3.63) is 39.7 Å². The summed E-state index contributed by atoms with van der Waals surface area (Å²) in [5.41, 5.74) is 0.170. The molecule has 2 fully saturated rings. The van der Waals surface area contributed by atoms with E-state index < -0.39 is 11.8 Å². The van der Waals surface area contributed by atoms with Gasteiger partial charge in [0.15, 0.2) is 5.82 Å². The molecule has 1 aliphatic heterocycles. The molecule has 2 heterocycles. The molecule has 2 amide bonds. The second-order valence-corrected chi connectivity index (χ2v) is 7.11. The van der Waals surface area contributed by atoms with Crippen LogP contribution in [0, 0.1) is 5.82 Å². The zero-order chi connectivity index (χ0) is 17.6. The number of nitrogens with one attached hydrogen (secondary N) is 1. The molecule has 6 nitrogen and oxygen atoms in total. The number of urea groups is 1.